The van der Waals surface area contributed by atoms with Crippen LogP contribution < -0.4 is 16.2 Å². The number of carbonyl (C=O) groups excluding carboxylic acids is 2. The van der Waals surface area contributed by atoms with Crippen LogP contribution in [0.15, 0.2) is 54.6 Å². The molecule has 0 aliphatic carbocycles. The predicted molar refractivity (Wildman–Crippen MR) is 80.7 cm³/mol. The van der Waals surface area contributed by atoms with Crippen molar-refractivity contribution in [1.82, 2.24) is 16.2 Å². The van der Waals surface area contributed by atoms with Gasteiger partial charge >= 0.3 is 6.03 Å². The summed E-state index contributed by atoms with van der Waals surface area (Å²) in [7, 11) is 0. The SMILES string of the molecule is O=C(NCc1ccccc1)NNC(=O)c1ccc(Cl)cc1. The van der Waals surface area contributed by atoms with Crippen molar-refractivity contribution >= 4 is 23.5 Å². The molecule has 0 bridgehead atoms. The first-order chi connectivity index (χ1) is 10.1. The van der Waals surface area contributed by atoms with Crippen molar-refractivity contribution < 1.29 is 9.59 Å². The summed E-state index contributed by atoms with van der Waals surface area (Å²) in [5.41, 5.74) is 5.97. The zero-order chi connectivity index (χ0) is 15.1. The van der Waals surface area contributed by atoms with Crippen LogP contribution in [0.25, 0.3) is 0 Å². The van der Waals surface area contributed by atoms with E-state index < -0.39 is 11.9 Å². The molecule has 2 aromatic rings. The van der Waals surface area contributed by atoms with E-state index in [1.807, 2.05) is 30.3 Å². The maximum atomic E-state index is 11.7. The lowest BCUT2D eigenvalue weighted by molar-refractivity contribution is 0.0936. The highest BCUT2D eigenvalue weighted by molar-refractivity contribution is 6.30. The molecule has 0 radical (unpaired) electrons. The van der Waals surface area contributed by atoms with Gasteiger partial charge in [-0.05, 0) is 29.8 Å². The third-order valence-corrected chi connectivity index (χ3v) is 2.94. The second-order valence-corrected chi connectivity index (χ2v) is 4.69. The van der Waals surface area contributed by atoms with Crippen molar-refractivity contribution in [2.75, 3.05) is 0 Å². The first kappa shape index (κ1) is 14.9. The zero-order valence-electron chi connectivity index (χ0n) is 11.1. The summed E-state index contributed by atoms with van der Waals surface area (Å²) in [6, 6.07) is 15.3. The number of hydrogen-bond acceptors (Lipinski definition) is 2. The van der Waals surface area contributed by atoms with Crippen LogP contribution in [0, 0.1) is 0 Å². The van der Waals surface area contributed by atoms with E-state index in [1.54, 1.807) is 24.3 Å². The second-order valence-electron chi connectivity index (χ2n) is 4.25. The van der Waals surface area contributed by atoms with Crippen LogP contribution in [-0.2, 0) is 6.54 Å². The molecule has 6 heteroatoms. The highest BCUT2D eigenvalue weighted by Gasteiger charge is 2.06. The number of carbonyl (C=O) groups is 2. The van der Waals surface area contributed by atoms with E-state index in [1.165, 1.54) is 0 Å². The fourth-order valence-corrected chi connectivity index (χ4v) is 1.74. The van der Waals surface area contributed by atoms with E-state index in [9.17, 15) is 9.59 Å². The van der Waals surface area contributed by atoms with E-state index in [4.69, 9.17) is 11.6 Å². The molecule has 0 heterocycles. The fraction of sp³-hybridized carbons (Fsp3) is 0.0667. The second kappa shape index (κ2) is 7.31. The van der Waals surface area contributed by atoms with Crippen molar-refractivity contribution in [1.29, 1.82) is 0 Å². The molecule has 0 saturated carbocycles. The summed E-state index contributed by atoms with van der Waals surface area (Å²) in [5, 5.41) is 3.17. The van der Waals surface area contributed by atoms with Gasteiger partial charge in [-0.3, -0.25) is 10.2 Å². The molecule has 2 rings (SSSR count). The first-order valence-electron chi connectivity index (χ1n) is 6.29. The van der Waals surface area contributed by atoms with Gasteiger partial charge in [0.25, 0.3) is 5.91 Å². The monoisotopic (exact) mass is 303 g/mol. The molecule has 0 fully saturated rings. The van der Waals surface area contributed by atoms with Gasteiger partial charge in [0.05, 0.1) is 0 Å². The summed E-state index contributed by atoms with van der Waals surface area (Å²) in [5.74, 6) is -0.415. The van der Waals surface area contributed by atoms with Crippen LogP contribution in [0.1, 0.15) is 15.9 Å². The lowest BCUT2D eigenvalue weighted by Gasteiger charge is -2.09. The Labute approximate surface area is 127 Å². The highest BCUT2D eigenvalue weighted by Crippen LogP contribution is 2.08. The molecule has 0 aromatic heterocycles. The smallest absolute Gasteiger partial charge is 0.333 e. The van der Waals surface area contributed by atoms with Crippen LogP contribution >= 0.6 is 11.6 Å². The van der Waals surface area contributed by atoms with Gasteiger partial charge in [0.1, 0.15) is 0 Å². The van der Waals surface area contributed by atoms with Crippen LogP contribution in [0.4, 0.5) is 4.79 Å². The van der Waals surface area contributed by atoms with Gasteiger partial charge in [0.15, 0.2) is 0 Å². The minimum atomic E-state index is -0.485. The molecule has 0 saturated heterocycles. The van der Waals surface area contributed by atoms with Crippen LogP contribution in [0.3, 0.4) is 0 Å². The summed E-state index contributed by atoms with van der Waals surface area (Å²) < 4.78 is 0. The van der Waals surface area contributed by atoms with Crippen LogP contribution in [0.2, 0.25) is 5.02 Å². The Hall–Kier alpha value is -2.53. The molecule has 0 atom stereocenters. The maximum absolute atomic E-state index is 11.7. The Bertz CT molecular complexity index is 615. The molecule has 0 aliphatic rings. The molecule has 3 amide bonds. The van der Waals surface area contributed by atoms with E-state index in [2.05, 4.69) is 16.2 Å². The van der Waals surface area contributed by atoms with Gasteiger partial charge in [-0.15, -0.1) is 0 Å². The summed E-state index contributed by atoms with van der Waals surface area (Å²) in [6.07, 6.45) is 0. The largest absolute Gasteiger partial charge is 0.333 e. The van der Waals surface area contributed by atoms with Crippen molar-refractivity contribution in [3.05, 3.63) is 70.7 Å². The van der Waals surface area contributed by atoms with Gasteiger partial charge in [-0.25, -0.2) is 10.2 Å². The molecule has 0 aliphatic heterocycles. The van der Waals surface area contributed by atoms with Crippen molar-refractivity contribution in [3.8, 4) is 0 Å². The average molecular weight is 304 g/mol. The van der Waals surface area contributed by atoms with Crippen molar-refractivity contribution in [3.63, 3.8) is 0 Å². The summed E-state index contributed by atoms with van der Waals surface area (Å²) in [4.78, 5) is 23.3. The third kappa shape index (κ3) is 4.81. The van der Waals surface area contributed by atoms with Gasteiger partial charge < -0.3 is 5.32 Å². The number of rotatable bonds is 3. The topological polar surface area (TPSA) is 70.2 Å². The molecule has 2 aromatic carbocycles. The van der Waals surface area contributed by atoms with Gasteiger partial charge in [0, 0.05) is 17.1 Å². The molecular formula is C15H14ClN3O2. The minimum absolute atomic E-state index is 0.378. The molecular weight excluding hydrogens is 290 g/mol. The Morgan fingerprint density at radius 3 is 2.24 bits per heavy atom. The van der Waals surface area contributed by atoms with Gasteiger partial charge in [-0.1, -0.05) is 41.9 Å². The molecule has 0 spiro atoms. The first-order valence-corrected chi connectivity index (χ1v) is 6.66. The van der Waals surface area contributed by atoms with E-state index >= 15 is 0 Å². The predicted octanol–water partition coefficient (Wildman–Crippen LogP) is 2.48. The van der Waals surface area contributed by atoms with Crippen molar-refractivity contribution in [2.45, 2.75) is 6.54 Å². The quantitative estimate of drug-likeness (QED) is 0.762. The Morgan fingerprint density at radius 1 is 0.905 bits per heavy atom. The normalized spacial score (nSPS) is 9.76. The number of benzene rings is 2. The lowest BCUT2D eigenvalue weighted by Crippen LogP contribution is -2.46. The number of nitrogens with one attached hydrogen (secondary N) is 3. The fourth-order valence-electron chi connectivity index (χ4n) is 1.61. The molecule has 5 nitrogen and oxygen atoms in total. The van der Waals surface area contributed by atoms with E-state index in [-0.39, 0.29) is 0 Å². The standard InChI is InChI=1S/C15H14ClN3O2/c16-13-8-6-12(7-9-13)14(20)18-19-15(21)17-10-11-4-2-1-3-5-11/h1-9H,10H2,(H,18,20)(H2,17,19,21). The number of urea groups is 1. The van der Waals surface area contributed by atoms with Crippen LogP contribution in [-0.4, -0.2) is 11.9 Å². The summed E-state index contributed by atoms with van der Waals surface area (Å²) in [6.45, 7) is 0.378. The number of halogens is 1. The number of hydrogen-bond donors (Lipinski definition) is 3. The van der Waals surface area contributed by atoms with E-state index in [0.29, 0.717) is 17.1 Å². The molecule has 0 unspecified atom stereocenters. The molecule has 3 N–H and O–H groups in total. The maximum Gasteiger partial charge on any atom is 0.333 e. The number of amides is 3. The minimum Gasteiger partial charge on any atom is -0.333 e. The van der Waals surface area contributed by atoms with Gasteiger partial charge in [-0.2, -0.15) is 0 Å². The molecule has 108 valence electrons. The Morgan fingerprint density at radius 2 is 1.57 bits per heavy atom. The summed E-state index contributed by atoms with van der Waals surface area (Å²) >= 11 is 5.73. The Balaban J connectivity index is 1.76. The molecule has 21 heavy (non-hydrogen) atoms. The van der Waals surface area contributed by atoms with Gasteiger partial charge in [0.2, 0.25) is 0 Å². The lowest BCUT2D eigenvalue weighted by atomic mass is 10.2. The van der Waals surface area contributed by atoms with Crippen LogP contribution in [0.5, 0.6) is 0 Å². The van der Waals surface area contributed by atoms with E-state index in [0.717, 1.165) is 5.56 Å². The highest BCUT2D eigenvalue weighted by atomic mass is 35.5. The average Bonchev–Trinajstić information content (AvgIpc) is 2.52. The zero-order valence-corrected chi connectivity index (χ0v) is 11.9. The van der Waals surface area contributed by atoms with Crippen molar-refractivity contribution in [2.24, 2.45) is 0 Å². The number of hydrazine groups is 1. The third-order valence-electron chi connectivity index (χ3n) is 2.69. The Kier molecular flexibility index (Phi) is 5.17.